The molecule has 1 aliphatic rings. The molecule has 1 atom stereocenters. The van der Waals surface area contributed by atoms with Crippen molar-refractivity contribution in [1.29, 1.82) is 5.26 Å². The molecule has 1 aromatic heterocycles. The van der Waals surface area contributed by atoms with Crippen LogP contribution in [-0.4, -0.2) is 41.4 Å². The summed E-state index contributed by atoms with van der Waals surface area (Å²) in [5.74, 6) is -2.58. The molecule has 1 aromatic carbocycles. The number of nitrogens with zero attached hydrogens (tertiary/aromatic N) is 4. The first-order valence-corrected chi connectivity index (χ1v) is 9.83. The fourth-order valence-corrected chi connectivity index (χ4v) is 3.96. The van der Waals surface area contributed by atoms with Crippen molar-refractivity contribution >= 4 is 34.5 Å². The van der Waals surface area contributed by atoms with E-state index < -0.39 is 29.2 Å². The van der Waals surface area contributed by atoms with Crippen LogP contribution in [0.25, 0.3) is 0 Å². The minimum atomic E-state index is -1.12. The molecule has 0 spiro atoms. The zero-order valence-electron chi connectivity index (χ0n) is 15.7. The molecule has 29 heavy (non-hydrogen) atoms. The highest BCUT2D eigenvalue weighted by Gasteiger charge is 2.27. The van der Waals surface area contributed by atoms with E-state index in [-0.39, 0.29) is 11.3 Å². The highest BCUT2D eigenvalue weighted by atomic mass is 32.1. The SMILES string of the molecule is Cc1csc([C@@H](C#N)C(=O)COC(=O)c2ccc(N3CCCC3)c([N+](=O)[O-])c2)n1. The largest absolute Gasteiger partial charge is 0.454 e. The molecule has 150 valence electrons. The van der Waals surface area contributed by atoms with Crippen LogP contribution in [0.15, 0.2) is 23.6 Å². The summed E-state index contributed by atoms with van der Waals surface area (Å²) in [5, 5.41) is 22.8. The van der Waals surface area contributed by atoms with E-state index in [1.54, 1.807) is 12.3 Å². The maximum Gasteiger partial charge on any atom is 0.338 e. The molecular weight excluding hydrogens is 396 g/mol. The van der Waals surface area contributed by atoms with Gasteiger partial charge >= 0.3 is 5.97 Å². The summed E-state index contributed by atoms with van der Waals surface area (Å²) in [4.78, 5) is 41.5. The first-order chi connectivity index (χ1) is 13.9. The Bertz CT molecular complexity index is 991. The number of carbonyl (C=O) groups is 2. The van der Waals surface area contributed by atoms with Gasteiger partial charge in [-0.15, -0.1) is 11.3 Å². The van der Waals surface area contributed by atoms with E-state index in [4.69, 9.17) is 4.74 Å². The van der Waals surface area contributed by atoms with E-state index in [1.165, 1.54) is 23.5 Å². The minimum absolute atomic E-state index is 0.0222. The van der Waals surface area contributed by atoms with Gasteiger partial charge in [0.25, 0.3) is 5.69 Å². The van der Waals surface area contributed by atoms with Crippen molar-refractivity contribution in [2.45, 2.75) is 25.7 Å². The van der Waals surface area contributed by atoms with Crippen molar-refractivity contribution < 1.29 is 19.2 Å². The normalized spacial score (nSPS) is 14.3. The van der Waals surface area contributed by atoms with Gasteiger partial charge in [-0.1, -0.05) is 0 Å². The lowest BCUT2D eigenvalue weighted by Gasteiger charge is -2.17. The smallest absolute Gasteiger partial charge is 0.338 e. The lowest BCUT2D eigenvalue weighted by atomic mass is 10.1. The molecule has 1 aliphatic heterocycles. The average Bonchev–Trinajstić information content (AvgIpc) is 3.38. The van der Waals surface area contributed by atoms with Crippen LogP contribution in [0.3, 0.4) is 0 Å². The molecule has 0 saturated carbocycles. The number of Topliss-reactive ketones (excluding diaryl/α,β-unsaturated/α-hetero) is 1. The number of aryl methyl sites for hydroxylation is 1. The standard InChI is InChI=1S/C19H18N4O5S/c1-12-11-29-18(21-12)14(9-20)17(24)10-28-19(25)13-4-5-15(16(8-13)23(26)27)22-6-2-3-7-22/h4-5,8,11,14H,2-3,6-7,10H2,1H3/t14-/m0/s1. The average molecular weight is 414 g/mol. The number of ketones is 1. The van der Waals surface area contributed by atoms with Crippen LogP contribution < -0.4 is 4.90 Å². The fraction of sp³-hybridized carbons (Fsp3) is 0.368. The monoisotopic (exact) mass is 414 g/mol. The van der Waals surface area contributed by atoms with Crippen molar-refractivity contribution in [1.82, 2.24) is 4.98 Å². The molecule has 3 rings (SSSR count). The summed E-state index contributed by atoms with van der Waals surface area (Å²) >= 11 is 1.19. The number of carbonyl (C=O) groups excluding carboxylic acids is 2. The second kappa shape index (κ2) is 8.79. The topological polar surface area (TPSA) is 126 Å². The third kappa shape index (κ3) is 4.57. The van der Waals surface area contributed by atoms with Gasteiger partial charge in [-0.25, -0.2) is 9.78 Å². The molecule has 0 aliphatic carbocycles. The first kappa shape index (κ1) is 20.4. The van der Waals surface area contributed by atoms with Crippen LogP contribution in [0.1, 0.15) is 39.8 Å². The minimum Gasteiger partial charge on any atom is -0.454 e. The third-order valence-electron chi connectivity index (χ3n) is 4.53. The predicted octanol–water partition coefficient (Wildman–Crippen LogP) is 2.99. The molecule has 10 heteroatoms. The Morgan fingerprint density at radius 2 is 2.14 bits per heavy atom. The van der Waals surface area contributed by atoms with Crippen LogP contribution in [0.5, 0.6) is 0 Å². The molecule has 0 amide bonds. The van der Waals surface area contributed by atoms with Crippen molar-refractivity contribution in [3.63, 3.8) is 0 Å². The quantitative estimate of drug-likeness (QED) is 0.384. The zero-order chi connectivity index (χ0) is 21.0. The van der Waals surface area contributed by atoms with Crippen LogP contribution in [0, 0.1) is 28.4 Å². The Balaban J connectivity index is 1.70. The van der Waals surface area contributed by atoms with E-state index in [0.717, 1.165) is 32.0 Å². The number of aromatic nitrogens is 1. The van der Waals surface area contributed by atoms with Gasteiger partial charge < -0.3 is 9.64 Å². The summed E-state index contributed by atoms with van der Waals surface area (Å²) < 4.78 is 5.00. The maximum atomic E-state index is 12.3. The Morgan fingerprint density at radius 3 is 2.72 bits per heavy atom. The predicted molar refractivity (Wildman–Crippen MR) is 105 cm³/mol. The van der Waals surface area contributed by atoms with Gasteiger partial charge in [0.2, 0.25) is 0 Å². The molecule has 1 fully saturated rings. The molecule has 2 aromatic rings. The second-order valence-electron chi connectivity index (χ2n) is 6.59. The number of hydrogen-bond acceptors (Lipinski definition) is 9. The molecule has 0 unspecified atom stereocenters. The van der Waals surface area contributed by atoms with Crippen LogP contribution in [0.2, 0.25) is 0 Å². The Kier molecular flexibility index (Phi) is 6.19. The number of benzene rings is 1. The third-order valence-corrected chi connectivity index (χ3v) is 5.56. The van der Waals surface area contributed by atoms with Crippen LogP contribution >= 0.6 is 11.3 Å². The molecule has 0 bridgehead atoms. The fourth-order valence-electron chi connectivity index (χ4n) is 3.10. The summed E-state index contributed by atoms with van der Waals surface area (Å²) in [6.45, 7) is 2.59. The lowest BCUT2D eigenvalue weighted by molar-refractivity contribution is -0.384. The van der Waals surface area contributed by atoms with E-state index in [9.17, 15) is 25.0 Å². The van der Waals surface area contributed by atoms with Gasteiger partial charge in [0.15, 0.2) is 18.3 Å². The van der Waals surface area contributed by atoms with Gasteiger partial charge in [0.1, 0.15) is 10.7 Å². The highest BCUT2D eigenvalue weighted by molar-refractivity contribution is 7.09. The van der Waals surface area contributed by atoms with Crippen molar-refractivity contribution in [2.24, 2.45) is 0 Å². The van der Waals surface area contributed by atoms with Crippen LogP contribution in [0.4, 0.5) is 11.4 Å². The van der Waals surface area contributed by atoms with E-state index in [1.807, 2.05) is 11.0 Å². The molecule has 2 heterocycles. The van der Waals surface area contributed by atoms with Gasteiger partial charge in [-0.3, -0.25) is 14.9 Å². The Morgan fingerprint density at radius 1 is 1.41 bits per heavy atom. The second-order valence-corrected chi connectivity index (χ2v) is 7.48. The summed E-state index contributed by atoms with van der Waals surface area (Å²) in [6.07, 6.45) is 1.92. The first-order valence-electron chi connectivity index (χ1n) is 8.95. The molecule has 0 radical (unpaired) electrons. The lowest BCUT2D eigenvalue weighted by Crippen LogP contribution is -2.21. The number of rotatable bonds is 7. The highest BCUT2D eigenvalue weighted by Crippen LogP contribution is 2.32. The van der Waals surface area contributed by atoms with Gasteiger partial charge in [0, 0.05) is 30.2 Å². The number of ether oxygens (including phenoxy) is 1. The Labute approximate surface area is 170 Å². The number of hydrogen-bond donors (Lipinski definition) is 0. The van der Waals surface area contributed by atoms with Gasteiger partial charge in [0.05, 0.1) is 16.6 Å². The summed E-state index contributed by atoms with van der Waals surface area (Å²) in [7, 11) is 0. The molecule has 9 nitrogen and oxygen atoms in total. The Hall–Kier alpha value is -3.32. The number of esters is 1. The van der Waals surface area contributed by atoms with Crippen molar-refractivity contribution in [3.05, 3.63) is 50.0 Å². The van der Waals surface area contributed by atoms with Crippen LogP contribution in [-0.2, 0) is 9.53 Å². The van der Waals surface area contributed by atoms with E-state index in [0.29, 0.717) is 16.4 Å². The maximum absolute atomic E-state index is 12.3. The van der Waals surface area contributed by atoms with Gasteiger partial charge in [-0.2, -0.15) is 5.26 Å². The van der Waals surface area contributed by atoms with E-state index in [2.05, 4.69) is 4.98 Å². The van der Waals surface area contributed by atoms with E-state index >= 15 is 0 Å². The van der Waals surface area contributed by atoms with Crippen molar-refractivity contribution in [3.8, 4) is 6.07 Å². The molecule has 0 N–H and O–H groups in total. The van der Waals surface area contributed by atoms with Crippen molar-refractivity contribution in [2.75, 3.05) is 24.6 Å². The number of nitro benzene ring substituents is 1. The number of nitro groups is 1. The number of nitriles is 1. The summed E-state index contributed by atoms with van der Waals surface area (Å²) in [5.41, 5.74) is 0.955. The number of anilines is 1. The molecular formula is C19H18N4O5S. The zero-order valence-corrected chi connectivity index (χ0v) is 16.5. The number of thiazole rings is 1. The molecule has 1 saturated heterocycles. The summed E-state index contributed by atoms with van der Waals surface area (Å²) in [6, 6.07) is 6.00. The van der Waals surface area contributed by atoms with Gasteiger partial charge in [-0.05, 0) is 31.9 Å².